The van der Waals surface area contributed by atoms with Crippen molar-refractivity contribution in [1.82, 2.24) is 4.90 Å². The van der Waals surface area contributed by atoms with Crippen molar-refractivity contribution in [2.45, 2.75) is 36.9 Å². The monoisotopic (exact) mass is 263 g/mol. The Bertz CT molecular complexity index is 452. The zero-order valence-electron chi connectivity index (χ0n) is 11.5. The number of carbonyl (C=O) groups excluding carboxylic acids is 1. The largest absolute Gasteiger partial charge is 0.386 e. The Morgan fingerprint density at radius 3 is 2.21 bits per heavy atom. The van der Waals surface area contributed by atoms with Gasteiger partial charge < -0.3 is 15.1 Å². The molecule has 1 atom stereocenters. The minimum atomic E-state index is -1.87. The summed E-state index contributed by atoms with van der Waals surface area (Å²) in [6.45, 7) is 0. The van der Waals surface area contributed by atoms with Crippen molar-refractivity contribution in [3.05, 3.63) is 35.9 Å². The third-order valence-electron chi connectivity index (χ3n) is 4.01. The second kappa shape index (κ2) is 4.94. The first-order chi connectivity index (χ1) is 8.92. The molecule has 1 saturated carbocycles. The van der Waals surface area contributed by atoms with Crippen molar-refractivity contribution >= 4 is 5.91 Å². The fraction of sp³-hybridized carbons (Fsp3) is 0.533. The average molecular weight is 263 g/mol. The standard InChI is InChI=1S/C15H21NO3/c1-16(2)13(17)15(19,12-8-4-3-5-9-12)14(18)10-6-7-11-14/h3-5,8-9,18-19H,6-7,10-11H2,1-2H3/t15-/m0/s1. The van der Waals surface area contributed by atoms with Crippen molar-refractivity contribution in [2.24, 2.45) is 0 Å². The molecule has 19 heavy (non-hydrogen) atoms. The molecule has 1 fully saturated rings. The van der Waals surface area contributed by atoms with Gasteiger partial charge in [0.15, 0.2) is 5.60 Å². The Morgan fingerprint density at radius 1 is 1.21 bits per heavy atom. The molecular formula is C15H21NO3. The molecule has 1 aromatic carbocycles. The number of rotatable bonds is 3. The molecule has 0 aromatic heterocycles. The molecule has 0 heterocycles. The fourth-order valence-corrected chi connectivity index (χ4v) is 2.92. The molecule has 1 amide bonds. The summed E-state index contributed by atoms with van der Waals surface area (Å²) in [4.78, 5) is 13.8. The summed E-state index contributed by atoms with van der Waals surface area (Å²) in [5.41, 5.74) is -2.79. The molecule has 1 aliphatic rings. The van der Waals surface area contributed by atoms with Gasteiger partial charge in [0.25, 0.3) is 5.91 Å². The Labute approximate surface area is 113 Å². The number of hydrogen-bond donors (Lipinski definition) is 2. The lowest BCUT2D eigenvalue weighted by Crippen LogP contribution is -2.58. The maximum atomic E-state index is 12.5. The van der Waals surface area contributed by atoms with Gasteiger partial charge in [-0.15, -0.1) is 0 Å². The van der Waals surface area contributed by atoms with E-state index in [0.29, 0.717) is 18.4 Å². The lowest BCUT2D eigenvalue weighted by atomic mass is 9.75. The fourth-order valence-electron chi connectivity index (χ4n) is 2.92. The molecule has 104 valence electrons. The molecule has 4 nitrogen and oxygen atoms in total. The number of carbonyl (C=O) groups is 1. The van der Waals surface area contributed by atoms with E-state index in [4.69, 9.17) is 0 Å². The first-order valence-corrected chi connectivity index (χ1v) is 6.64. The van der Waals surface area contributed by atoms with E-state index in [1.165, 1.54) is 4.90 Å². The molecular weight excluding hydrogens is 242 g/mol. The van der Waals surface area contributed by atoms with Crippen LogP contribution in [0.5, 0.6) is 0 Å². The van der Waals surface area contributed by atoms with Crippen LogP contribution in [0, 0.1) is 0 Å². The van der Waals surface area contributed by atoms with Crippen LogP contribution in [0.1, 0.15) is 31.2 Å². The summed E-state index contributed by atoms with van der Waals surface area (Å²) in [6, 6.07) is 8.74. The summed E-state index contributed by atoms with van der Waals surface area (Å²) < 4.78 is 0. The zero-order valence-corrected chi connectivity index (χ0v) is 11.5. The molecule has 0 aliphatic heterocycles. The van der Waals surface area contributed by atoms with Crippen molar-refractivity contribution in [2.75, 3.05) is 14.1 Å². The van der Waals surface area contributed by atoms with E-state index >= 15 is 0 Å². The first kappa shape index (κ1) is 14.0. The van der Waals surface area contributed by atoms with Gasteiger partial charge in [0.1, 0.15) is 5.60 Å². The van der Waals surface area contributed by atoms with E-state index in [-0.39, 0.29) is 0 Å². The highest BCUT2D eigenvalue weighted by molar-refractivity contribution is 5.87. The lowest BCUT2D eigenvalue weighted by molar-refractivity contribution is -0.186. The Balaban J connectivity index is 2.53. The minimum absolute atomic E-state index is 0.442. The van der Waals surface area contributed by atoms with Crippen molar-refractivity contribution in [3.63, 3.8) is 0 Å². The Hall–Kier alpha value is -1.39. The smallest absolute Gasteiger partial charge is 0.261 e. The number of likely N-dealkylation sites (N-methyl/N-ethyl adjacent to an activating group) is 1. The molecule has 0 saturated heterocycles. The Morgan fingerprint density at radius 2 is 1.74 bits per heavy atom. The summed E-state index contributed by atoms with van der Waals surface area (Å²) in [7, 11) is 3.18. The van der Waals surface area contributed by atoms with E-state index in [1.54, 1.807) is 38.4 Å². The molecule has 1 aliphatic carbocycles. The molecule has 0 unspecified atom stereocenters. The molecule has 0 radical (unpaired) electrons. The van der Waals surface area contributed by atoms with Crippen LogP contribution in [-0.2, 0) is 10.4 Å². The maximum absolute atomic E-state index is 12.5. The molecule has 2 rings (SSSR count). The number of benzene rings is 1. The maximum Gasteiger partial charge on any atom is 0.261 e. The summed E-state index contributed by atoms with van der Waals surface area (Å²) in [6.07, 6.45) is 2.54. The first-order valence-electron chi connectivity index (χ1n) is 6.64. The van der Waals surface area contributed by atoms with Gasteiger partial charge in [-0.3, -0.25) is 4.79 Å². The van der Waals surface area contributed by atoms with E-state index in [9.17, 15) is 15.0 Å². The van der Waals surface area contributed by atoms with Crippen molar-refractivity contribution in [3.8, 4) is 0 Å². The van der Waals surface area contributed by atoms with Crippen LogP contribution in [0.15, 0.2) is 30.3 Å². The number of hydrogen-bond acceptors (Lipinski definition) is 3. The Kier molecular flexibility index (Phi) is 3.65. The number of aliphatic hydroxyl groups is 2. The summed E-state index contributed by atoms with van der Waals surface area (Å²) in [5.74, 6) is -0.469. The normalized spacial score (nSPS) is 20.8. The van der Waals surface area contributed by atoms with Crippen LogP contribution >= 0.6 is 0 Å². The van der Waals surface area contributed by atoms with Gasteiger partial charge in [-0.2, -0.15) is 0 Å². The van der Waals surface area contributed by atoms with Crippen LogP contribution in [0.4, 0.5) is 0 Å². The molecule has 1 aromatic rings. The third-order valence-corrected chi connectivity index (χ3v) is 4.01. The van der Waals surface area contributed by atoms with E-state index in [0.717, 1.165) is 12.8 Å². The van der Waals surface area contributed by atoms with Crippen LogP contribution in [-0.4, -0.2) is 40.7 Å². The van der Waals surface area contributed by atoms with Crippen LogP contribution < -0.4 is 0 Å². The van der Waals surface area contributed by atoms with Crippen molar-refractivity contribution in [1.29, 1.82) is 0 Å². The van der Waals surface area contributed by atoms with Crippen LogP contribution in [0.2, 0.25) is 0 Å². The predicted octanol–water partition coefficient (Wildman–Crippen LogP) is 1.27. The van der Waals surface area contributed by atoms with Gasteiger partial charge >= 0.3 is 0 Å². The van der Waals surface area contributed by atoms with Gasteiger partial charge in [0.2, 0.25) is 0 Å². The molecule has 2 N–H and O–H groups in total. The van der Waals surface area contributed by atoms with Crippen LogP contribution in [0.25, 0.3) is 0 Å². The highest BCUT2D eigenvalue weighted by Crippen LogP contribution is 2.45. The quantitative estimate of drug-likeness (QED) is 0.863. The molecule has 4 heteroatoms. The summed E-state index contributed by atoms with van der Waals surface area (Å²) >= 11 is 0. The van der Waals surface area contributed by atoms with Crippen molar-refractivity contribution < 1.29 is 15.0 Å². The number of amides is 1. The van der Waals surface area contributed by atoms with Crippen LogP contribution in [0.3, 0.4) is 0 Å². The third kappa shape index (κ3) is 2.15. The van der Waals surface area contributed by atoms with Gasteiger partial charge in [0, 0.05) is 14.1 Å². The van der Waals surface area contributed by atoms with Gasteiger partial charge in [-0.25, -0.2) is 0 Å². The van der Waals surface area contributed by atoms with Gasteiger partial charge in [-0.1, -0.05) is 43.2 Å². The van der Waals surface area contributed by atoms with E-state index in [2.05, 4.69) is 0 Å². The highest BCUT2D eigenvalue weighted by atomic mass is 16.4. The van der Waals surface area contributed by atoms with Gasteiger partial charge in [-0.05, 0) is 18.4 Å². The SMILES string of the molecule is CN(C)C(=O)[C@@](O)(c1ccccc1)C1(O)CCCC1. The zero-order chi connectivity index (χ0) is 14.1. The number of nitrogens with zero attached hydrogens (tertiary/aromatic N) is 1. The topological polar surface area (TPSA) is 60.8 Å². The minimum Gasteiger partial charge on any atom is -0.386 e. The molecule has 0 bridgehead atoms. The predicted molar refractivity (Wildman–Crippen MR) is 72.5 cm³/mol. The highest BCUT2D eigenvalue weighted by Gasteiger charge is 2.57. The van der Waals surface area contributed by atoms with Gasteiger partial charge in [0.05, 0.1) is 0 Å². The van der Waals surface area contributed by atoms with E-state index in [1.807, 2.05) is 6.07 Å². The van der Waals surface area contributed by atoms with E-state index < -0.39 is 17.1 Å². The second-order valence-corrected chi connectivity index (χ2v) is 5.51. The summed E-state index contributed by atoms with van der Waals surface area (Å²) in [5, 5.41) is 21.8. The second-order valence-electron chi connectivity index (χ2n) is 5.51. The molecule has 0 spiro atoms. The average Bonchev–Trinajstić information content (AvgIpc) is 2.86. The lowest BCUT2D eigenvalue weighted by Gasteiger charge is -2.41.